The van der Waals surface area contributed by atoms with Crippen molar-refractivity contribution in [3.05, 3.63) is 64.7 Å². The van der Waals surface area contributed by atoms with Crippen molar-refractivity contribution in [2.24, 2.45) is 0 Å². The highest BCUT2D eigenvalue weighted by molar-refractivity contribution is 7.89. The molecule has 1 aliphatic rings. The SMILES string of the molecule is C[O+]=S(=O)(c1ccc(C)cc1)N1CCN(CCOC(=O)c2ccccc2Cl)CC1. The van der Waals surface area contributed by atoms with E-state index in [1.807, 2.05) is 35.5 Å². The number of halogens is 1. The summed E-state index contributed by atoms with van der Waals surface area (Å²) in [6.45, 7) is 5.55. The van der Waals surface area contributed by atoms with E-state index in [1.165, 1.54) is 7.11 Å². The average Bonchev–Trinajstić information content (AvgIpc) is 2.74. The molecule has 0 N–H and O–H groups in total. The number of carbonyl (C=O) groups is 1. The Kier molecular flexibility index (Phi) is 7.29. The molecule has 0 aromatic heterocycles. The van der Waals surface area contributed by atoms with Crippen LogP contribution in [0.2, 0.25) is 5.02 Å². The van der Waals surface area contributed by atoms with Gasteiger partial charge < -0.3 is 4.74 Å². The number of nitrogens with zero attached hydrogens (tertiary/aromatic N) is 2. The third kappa shape index (κ3) is 5.17. The van der Waals surface area contributed by atoms with Gasteiger partial charge in [0.1, 0.15) is 11.5 Å². The molecule has 0 aliphatic carbocycles. The van der Waals surface area contributed by atoms with Crippen LogP contribution < -0.4 is 0 Å². The van der Waals surface area contributed by atoms with Gasteiger partial charge in [-0.1, -0.05) is 41.4 Å². The number of benzene rings is 2. The van der Waals surface area contributed by atoms with Gasteiger partial charge in [-0.05, 0) is 31.2 Å². The van der Waals surface area contributed by atoms with Gasteiger partial charge in [-0.3, -0.25) is 4.90 Å². The summed E-state index contributed by atoms with van der Waals surface area (Å²) < 4.78 is 26.1. The van der Waals surface area contributed by atoms with Gasteiger partial charge in [0.05, 0.1) is 10.6 Å². The van der Waals surface area contributed by atoms with Crippen molar-refractivity contribution in [1.82, 2.24) is 9.21 Å². The molecule has 2 aromatic carbocycles. The van der Waals surface area contributed by atoms with Crippen LogP contribution in [0.1, 0.15) is 15.9 Å². The zero-order chi connectivity index (χ0) is 20.9. The molecule has 1 atom stereocenters. The van der Waals surface area contributed by atoms with Gasteiger partial charge in [0, 0.05) is 32.7 Å². The van der Waals surface area contributed by atoms with E-state index in [4.69, 9.17) is 20.2 Å². The normalized spacial score (nSPS) is 17.5. The maximum absolute atomic E-state index is 13.4. The first-order chi connectivity index (χ1) is 13.9. The molecule has 6 nitrogen and oxygen atoms in total. The molecule has 0 amide bonds. The van der Waals surface area contributed by atoms with Crippen LogP contribution >= 0.6 is 11.6 Å². The fraction of sp³-hybridized carbons (Fsp3) is 0.381. The van der Waals surface area contributed by atoms with Crippen LogP contribution in [0.3, 0.4) is 0 Å². The number of piperazine rings is 1. The molecule has 1 saturated heterocycles. The summed E-state index contributed by atoms with van der Waals surface area (Å²) in [6, 6.07) is 14.4. The van der Waals surface area contributed by atoms with Crippen molar-refractivity contribution in [3.63, 3.8) is 0 Å². The van der Waals surface area contributed by atoms with E-state index in [0.717, 1.165) is 18.7 Å². The van der Waals surface area contributed by atoms with Gasteiger partial charge in [0.15, 0.2) is 0 Å². The molecule has 1 heterocycles. The number of rotatable bonds is 6. The molecule has 156 valence electrons. The van der Waals surface area contributed by atoms with Crippen molar-refractivity contribution in [3.8, 4) is 0 Å². The molecule has 1 unspecified atom stereocenters. The summed E-state index contributed by atoms with van der Waals surface area (Å²) in [4.78, 5) is 15.0. The lowest BCUT2D eigenvalue weighted by Gasteiger charge is -2.32. The molecule has 1 aliphatic heterocycles. The highest BCUT2D eigenvalue weighted by Gasteiger charge is 2.34. The van der Waals surface area contributed by atoms with E-state index in [2.05, 4.69) is 4.90 Å². The molecule has 0 spiro atoms. The molecule has 3 rings (SSSR count). The molecule has 0 bridgehead atoms. The van der Waals surface area contributed by atoms with E-state index in [1.54, 1.807) is 24.3 Å². The zero-order valence-corrected chi connectivity index (χ0v) is 18.2. The molecule has 0 saturated carbocycles. The summed E-state index contributed by atoms with van der Waals surface area (Å²) in [5, 5.41) is 0.386. The Labute approximate surface area is 177 Å². The van der Waals surface area contributed by atoms with Crippen LogP contribution in [0.4, 0.5) is 0 Å². The Morgan fingerprint density at radius 2 is 1.76 bits per heavy atom. The van der Waals surface area contributed by atoms with Crippen LogP contribution in [0.25, 0.3) is 0 Å². The van der Waals surface area contributed by atoms with Crippen LogP contribution in [0, 0.1) is 6.92 Å². The minimum absolute atomic E-state index is 0.279. The topological polar surface area (TPSA) is 61.1 Å². The zero-order valence-electron chi connectivity index (χ0n) is 16.7. The Morgan fingerprint density at radius 3 is 2.38 bits per heavy atom. The van der Waals surface area contributed by atoms with Crippen LogP contribution in [0.15, 0.2) is 53.4 Å². The summed E-state index contributed by atoms with van der Waals surface area (Å²) >= 11 is 6.02. The average molecular weight is 438 g/mol. The van der Waals surface area contributed by atoms with Crippen molar-refractivity contribution in [2.45, 2.75) is 11.8 Å². The van der Waals surface area contributed by atoms with Crippen molar-refractivity contribution < 1.29 is 17.6 Å². The lowest BCUT2D eigenvalue weighted by atomic mass is 10.2. The van der Waals surface area contributed by atoms with E-state index in [0.29, 0.717) is 35.1 Å². The van der Waals surface area contributed by atoms with Crippen LogP contribution in [-0.2, 0) is 18.6 Å². The van der Waals surface area contributed by atoms with Crippen LogP contribution in [-0.4, -0.2) is 65.8 Å². The van der Waals surface area contributed by atoms with Crippen molar-refractivity contribution in [2.75, 3.05) is 46.4 Å². The third-order valence-electron chi connectivity index (χ3n) is 4.95. The lowest BCUT2D eigenvalue weighted by Crippen LogP contribution is -2.49. The third-order valence-corrected chi connectivity index (χ3v) is 7.64. The van der Waals surface area contributed by atoms with E-state index < -0.39 is 16.0 Å². The molecule has 0 radical (unpaired) electrons. The van der Waals surface area contributed by atoms with Gasteiger partial charge in [-0.15, -0.1) is 0 Å². The first kappa shape index (κ1) is 21.8. The second-order valence-electron chi connectivity index (χ2n) is 6.84. The standard InChI is InChI=1S/C21H26ClN2O4S/c1-17-7-9-18(10-8-17)29(26,27-2)24-13-11-23(12-14-24)15-16-28-21(25)19-5-3-4-6-20(19)22/h3-10H,11-16H2,1-2H3/q+1. The fourth-order valence-corrected chi connectivity index (χ4v) is 5.26. The predicted octanol–water partition coefficient (Wildman–Crippen LogP) is 3.19. The Bertz CT molecular complexity index is 963. The number of ether oxygens (including phenoxy) is 1. The van der Waals surface area contributed by atoms with Crippen LogP contribution in [0.5, 0.6) is 0 Å². The number of aryl methyl sites for hydroxylation is 1. The van der Waals surface area contributed by atoms with E-state index in [9.17, 15) is 9.00 Å². The highest BCUT2D eigenvalue weighted by atomic mass is 35.5. The Hall–Kier alpha value is -1.93. The largest absolute Gasteiger partial charge is 0.461 e. The fourth-order valence-electron chi connectivity index (χ4n) is 3.23. The number of esters is 1. The Balaban J connectivity index is 1.51. The maximum Gasteiger partial charge on any atom is 0.378 e. The number of carbonyl (C=O) groups excluding carboxylic acids is 1. The monoisotopic (exact) mass is 437 g/mol. The number of hydrogen-bond donors (Lipinski definition) is 0. The van der Waals surface area contributed by atoms with E-state index >= 15 is 0 Å². The van der Waals surface area contributed by atoms with Crippen molar-refractivity contribution in [1.29, 1.82) is 0 Å². The van der Waals surface area contributed by atoms with Crippen molar-refractivity contribution >= 4 is 27.6 Å². The summed E-state index contributed by atoms with van der Waals surface area (Å²) in [5.74, 6) is -0.420. The van der Waals surface area contributed by atoms with Gasteiger partial charge in [-0.25, -0.2) is 4.79 Å². The van der Waals surface area contributed by atoms with E-state index in [-0.39, 0.29) is 6.61 Å². The smallest absolute Gasteiger partial charge is 0.378 e. The maximum atomic E-state index is 13.4. The second kappa shape index (κ2) is 9.71. The molecular formula is C21H26ClN2O4S+. The molecule has 8 heteroatoms. The lowest BCUT2D eigenvalue weighted by molar-refractivity contribution is 0.0443. The summed E-state index contributed by atoms with van der Waals surface area (Å²) in [7, 11) is -1.23. The summed E-state index contributed by atoms with van der Waals surface area (Å²) in [6.07, 6.45) is 0. The predicted molar refractivity (Wildman–Crippen MR) is 114 cm³/mol. The van der Waals surface area contributed by atoms with Gasteiger partial charge in [0.2, 0.25) is 0 Å². The molecule has 2 aromatic rings. The van der Waals surface area contributed by atoms with Gasteiger partial charge in [-0.2, -0.15) is 12.4 Å². The molecule has 29 heavy (non-hydrogen) atoms. The first-order valence-electron chi connectivity index (χ1n) is 9.49. The second-order valence-corrected chi connectivity index (χ2v) is 9.52. The molecular weight excluding hydrogens is 412 g/mol. The van der Waals surface area contributed by atoms with Gasteiger partial charge in [0.25, 0.3) is 7.11 Å². The minimum Gasteiger partial charge on any atom is -0.461 e. The quantitative estimate of drug-likeness (QED) is 0.514. The first-order valence-corrected chi connectivity index (χ1v) is 11.3. The minimum atomic E-state index is -2.72. The molecule has 1 fully saturated rings. The number of hydrogen-bond acceptors (Lipinski definition) is 4. The summed E-state index contributed by atoms with van der Waals surface area (Å²) in [5.41, 5.74) is 1.49. The highest BCUT2D eigenvalue weighted by Crippen LogP contribution is 2.20. The van der Waals surface area contributed by atoms with Gasteiger partial charge >= 0.3 is 16.0 Å². The Morgan fingerprint density at radius 1 is 1.10 bits per heavy atom.